The maximum Gasteiger partial charge on any atom is 0.0520 e. The van der Waals surface area contributed by atoms with Crippen molar-refractivity contribution in [2.24, 2.45) is 11.8 Å². The minimum atomic E-state index is 0.906. The minimum absolute atomic E-state index is 0.906. The van der Waals surface area contributed by atoms with Crippen molar-refractivity contribution in [2.45, 2.75) is 13.3 Å². The van der Waals surface area contributed by atoms with Crippen LogP contribution in [0, 0.1) is 11.8 Å². The Bertz CT molecular complexity index is 128. The molecule has 2 saturated heterocycles. The number of rotatable bonds is 3. The third-order valence-electron chi connectivity index (χ3n) is 2.86. The van der Waals surface area contributed by atoms with Gasteiger partial charge in [0.15, 0.2) is 0 Å². The number of ether oxygens (including phenoxy) is 1. The SMILES string of the molecule is CCCN1CC(C2COC2)C1. The van der Waals surface area contributed by atoms with E-state index in [-0.39, 0.29) is 0 Å². The summed E-state index contributed by atoms with van der Waals surface area (Å²) in [6.45, 7) is 8.28. The number of hydrogen-bond donors (Lipinski definition) is 0. The van der Waals surface area contributed by atoms with Crippen LogP contribution >= 0.6 is 0 Å². The first kappa shape index (κ1) is 7.56. The summed E-state index contributed by atoms with van der Waals surface area (Å²) >= 11 is 0. The lowest BCUT2D eigenvalue weighted by atomic mass is 9.84. The van der Waals surface area contributed by atoms with Crippen LogP contribution in [0.2, 0.25) is 0 Å². The fraction of sp³-hybridized carbons (Fsp3) is 1.00. The second-order valence-corrected chi connectivity index (χ2v) is 3.82. The van der Waals surface area contributed by atoms with Crippen molar-refractivity contribution in [3.8, 4) is 0 Å². The van der Waals surface area contributed by atoms with Gasteiger partial charge in [-0.3, -0.25) is 0 Å². The van der Waals surface area contributed by atoms with E-state index in [1.807, 2.05) is 0 Å². The maximum absolute atomic E-state index is 5.17. The lowest BCUT2D eigenvalue weighted by Gasteiger charge is -2.46. The minimum Gasteiger partial charge on any atom is -0.381 e. The third-order valence-corrected chi connectivity index (χ3v) is 2.86. The van der Waals surface area contributed by atoms with E-state index in [0.717, 1.165) is 25.0 Å². The summed E-state index contributed by atoms with van der Waals surface area (Å²) in [5.74, 6) is 1.87. The Hall–Kier alpha value is -0.0800. The normalized spacial score (nSPS) is 28.1. The van der Waals surface area contributed by atoms with Crippen LogP contribution in [0.3, 0.4) is 0 Å². The molecule has 2 fully saturated rings. The van der Waals surface area contributed by atoms with Crippen LogP contribution in [-0.2, 0) is 4.74 Å². The van der Waals surface area contributed by atoms with Gasteiger partial charge in [-0.25, -0.2) is 0 Å². The van der Waals surface area contributed by atoms with E-state index < -0.39 is 0 Å². The molecule has 2 heteroatoms. The van der Waals surface area contributed by atoms with Crippen molar-refractivity contribution in [1.82, 2.24) is 4.90 Å². The van der Waals surface area contributed by atoms with Gasteiger partial charge >= 0.3 is 0 Å². The van der Waals surface area contributed by atoms with E-state index in [2.05, 4.69) is 11.8 Å². The molecule has 0 aromatic rings. The highest BCUT2D eigenvalue weighted by Gasteiger charge is 2.36. The van der Waals surface area contributed by atoms with Gasteiger partial charge in [0, 0.05) is 19.0 Å². The van der Waals surface area contributed by atoms with Crippen molar-refractivity contribution >= 4 is 0 Å². The molecule has 2 rings (SSSR count). The molecule has 11 heavy (non-hydrogen) atoms. The van der Waals surface area contributed by atoms with Crippen molar-refractivity contribution in [1.29, 1.82) is 0 Å². The molecule has 0 aromatic heterocycles. The zero-order chi connectivity index (χ0) is 7.68. The molecule has 2 nitrogen and oxygen atoms in total. The molecule has 0 unspecified atom stereocenters. The second-order valence-electron chi connectivity index (χ2n) is 3.82. The monoisotopic (exact) mass is 155 g/mol. The highest BCUT2D eigenvalue weighted by molar-refractivity contribution is 4.87. The third kappa shape index (κ3) is 1.42. The standard InChI is InChI=1S/C9H17NO/c1-2-3-10-4-8(5-10)9-6-11-7-9/h8-9H,2-7H2,1H3. The maximum atomic E-state index is 5.17. The fourth-order valence-electron chi connectivity index (χ4n) is 1.93. The van der Waals surface area contributed by atoms with Crippen molar-refractivity contribution < 1.29 is 4.74 Å². The Kier molecular flexibility index (Phi) is 2.14. The average Bonchev–Trinajstić information content (AvgIpc) is 1.79. The number of likely N-dealkylation sites (tertiary alicyclic amines) is 1. The van der Waals surface area contributed by atoms with E-state index in [9.17, 15) is 0 Å². The van der Waals surface area contributed by atoms with Crippen LogP contribution in [-0.4, -0.2) is 37.7 Å². The molecule has 0 bridgehead atoms. The zero-order valence-corrected chi connectivity index (χ0v) is 7.25. The first-order chi connectivity index (χ1) is 5.40. The summed E-state index contributed by atoms with van der Waals surface area (Å²) < 4.78 is 5.17. The van der Waals surface area contributed by atoms with Gasteiger partial charge in [-0.05, 0) is 18.9 Å². The van der Waals surface area contributed by atoms with Crippen LogP contribution < -0.4 is 0 Å². The summed E-state index contributed by atoms with van der Waals surface area (Å²) in [7, 11) is 0. The largest absolute Gasteiger partial charge is 0.381 e. The molecule has 64 valence electrons. The summed E-state index contributed by atoms with van der Waals surface area (Å²) in [6.07, 6.45) is 1.30. The summed E-state index contributed by atoms with van der Waals surface area (Å²) in [6, 6.07) is 0. The van der Waals surface area contributed by atoms with Gasteiger partial charge in [0.05, 0.1) is 13.2 Å². The topological polar surface area (TPSA) is 12.5 Å². The molecule has 0 aliphatic carbocycles. The first-order valence-corrected chi connectivity index (χ1v) is 4.70. The van der Waals surface area contributed by atoms with Crippen LogP contribution in [0.25, 0.3) is 0 Å². The van der Waals surface area contributed by atoms with Crippen LogP contribution in [0.1, 0.15) is 13.3 Å². The van der Waals surface area contributed by atoms with E-state index in [4.69, 9.17) is 4.74 Å². The van der Waals surface area contributed by atoms with Crippen molar-refractivity contribution in [3.05, 3.63) is 0 Å². The van der Waals surface area contributed by atoms with E-state index in [1.165, 1.54) is 26.1 Å². The Morgan fingerprint density at radius 1 is 1.27 bits per heavy atom. The van der Waals surface area contributed by atoms with Gasteiger partial charge in [-0.15, -0.1) is 0 Å². The molecule has 0 radical (unpaired) electrons. The molecular formula is C9H17NO. The van der Waals surface area contributed by atoms with Gasteiger partial charge in [-0.1, -0.05) is 6.92 Å². The fourth-order valence-corrected chi connectivity index (χ4v) is 1.93. The summed E-state index contributed by atoms with van der Waals surface area (Å²) in [5.41, 5.74) is 0. The molecule has 0 N–H and O–H groups in total. The molecule has 0 saturated carbocycles. The number of hydrogen-bond acceptors (Lipinski definition) is 2. The Morgan fingerprint density at radius 3 is 2.45 bits per heavy atom. The van der Waals surface area contributed by atoms with Gasteiger partial charge in [-0.2, -0.15) is 0 Å². The molecule has 0 atom stereocenters. The smallest absolute Gasteiger partial charge is 0.0520 e. The highest BCUT2D eigenvalue weighted by Crippen LogP contribution is 2.28. The molecule has 0 amide bonds. The van der Waals surface area contributed by atoms with Gasteiger partial charge < -0.3 is 9.64 Å². The van der Waals surface area contributed by atoms with Crippen molar-refractivity contribution in [2.75, 3.05) is 32.8 Å². The van der Waals surface area contributed by atoms with Gasteiger partial charge in [0.2, 0.25) is 0 Å². The second kappa shape index (κ2) is 3.11. The lowest BCUT2D eigenvalue weighted by molar-refractivity contribution is -0.0978. The van der Waals surface area contributed by atoms with Gasteiger partial charge in [0.25, 0.3) is 0 Å². The van der Waals surface area contributed by atoms with Crippen LogP contribution in [0.15, 0.2) is 0 Å². The Labute approximate surface area is 68.5 Å². The highest BCUT2D eigenvalue weighted by atomic mass is 16.5. The Morgan fingerprint density at radius 2 is 2.00 bits per heavy atom. The molecule has 2 aliphatic rings. The lowest BCUT2D eigenvalue weighted by Crippen LogP contribution is -2.54. The molecule has 0 spiro atoms. The van der Waals surface area contributed by atoms with E-state index >= 15 is 0 Å². The molecule has 0 aromatic carbocycles. The summed E-state index contributed by atoms with van der Waals surface area (Å²) in [4.78, 5) is 2.54. The van der Waals surface area contributed by atoms with Crippen molar-refractivity contribution in [3.63, 3.8) is 0 Å². The quantitative estimate of drug-likeness (QED) is 0.602. The zero-order valence-electron chi connectivity index (χ0n) is 7.25. The predicted octanol–water partition coefficient (Wildman–Crippen LogP) is 0.975. The molecular weight excluding hydrogens is 138 g/mol. The molecule has 2 heterocycles. The predicted molar refractivity (Wildman–Crippen MR) is 44.5 cm³/mol. The van der Waals surface area contributed by atoms with Crippen LogP contribution in [0.5, 0.6) is 0 Å². The molecule has 2 aliphatic heterocycles. The van der Waals surface area contributed by atoms with Crippen LogP contribution in [0.4, 0.5) is 0 Å². The summed E-state index contributed by atoms with van der Waals surface area (Å²) in [5, 5.41) is 0. The first-order valence-electron chi connectivity index (χ1n) is 4.70. The van der Waals surface area contributed by atoms with Gasteiger partial charge in [0.1, 0.15) is 0 Å². The van der Waals surface area contributed by atoms with E-state index in [1.54, 1.807) is 0 Å². The number of nitrogens with zero attached hydrogens (tertiary/aromatic N) is 1. The Balaban J connectivity index is 1.63. The van der Waals surface area contributed by atoms with E-state index in [0.29, 0.717) is 0 Å². The average molecular weight is 155 g/mol.